The maximum Gasteiger partial charge on any atom is 0.264 e. The van der Waals surface area contributed by atoms with Crippen LogP contribution < -0.4 is 14.4 Å². The Hall–Kier alpha value is -3.70. The van der Waals surface area contributed by atoms with Gasteiger partial charge in [-0.3, -0.25) is 13.9 Å². The molecule has 0 heterocycles. The second kappa shape index (κ2) is 17.5. The molecule has 1 atom stereocenters. The summed E-state index contributed by atoms with van der Waals surface area (Å²) in [6.07, 6.45) is 5.88. The molecule has 12 heteroatoms. The molecule has 0 bridgehead atoms. The van der Waals surface area contributed by atoms with E-state index in [1.165, 1.54) is 28.8 Å². The highest BCUT2D eigenvalue weighted by Gasteiger charge is 2.36. The first kappa shape index (κ1) is 37.6. The number of hydrogen-bond acceptors (Lipinski definition) is 6. The summed E-state index contributed by atoms with van der Waals surface area (Å²) in [5.41, 5.74) is 1.69. The van der Waals surface area contributed by atoms with Crippen LogP contribution in [0, 0.1) is 0 Å². The Bertz CT molecular complexity index is 1850. The number of amides is 2. The molecular formula is C38H41Cl2N3O5S2. The van der Waals surface area contributed by atoms with Crippen LogP contribution in [-0.4, -0.2) is 56.6 Å². The third-order valence-electron chi connectivity index (χ3n) is 8.69. The molecule has 8 nitrogen and oxygen atoms in total. The molecule has 0 spiro atoms. The van der Waals surface area contributed by atoms with Crippen LogP contribution in [0.5, 0.6) is 5.75 Å². The standard InChI is InChI=1S/C38H41Cl2N3O5S2/c1-3-48-32-17-15-31(16-18-32)43(50(46,47)34-21-19-33(49-2)20-22-34)26-37(44)42(25-28-13-14-29(39)24-35(28)40)36(23-27-9-5-4-6-10-27)38(45)41-30-11-7-8-12-30/h4-6,9-10,13-22,24,30,36H,3,7-8,11-12,23,25-26H2,1-2H3,(H,41,45)/t36-/m1/s1. The molecule has 1 aliphatic carbocycles. The number of thioether (sulfide) groups is 1. The van der Waals surface area contributed by atoms with Crippen molar-refractivity contribution in [2.24, 2.45) is 0 Å². The number of halogens is 2. The Morgan fingerprint density at radius 3 is 2.24 bits per heavy atom. The summed E-state index contributed by atoms with van der Waals surface area (Å²) < 4.78 is 35.4. The zero-order valence-electron chi connectivity index (χ0n) is 28.1. The van der Waals surface area contributed by atoms with Gasteiger partial charge < -0.3 is 15.0 Å². The van der Waals surface area contributed by atoms with Crippen molar-refractivity contribution in [3.05, 3.63) is 118 Å². The van der Waals surface area contributed by atoms with E-state index in [1.807, 2.05) is 43.5 Å². The predicted octanol–water partition coefficient (Wildman–Crippen LogP) is 8.01. The number of carbonyl (C=O) groups excluding carboxylic acids is 2. The summed E-state index contributed by atoms with van der Waals surface area (Å²) in [5.74, 6) is -0.311. The van der Waals surface area contributed by atoms with E-state index >= 15 is 0 Å². The number of nitrogens with one attached hydrogen (secondary N) is 1. The third-order valence-corrected chi connectivity index (χ3v) is 11.8. The Labute approximate surface area is 309 Å². The van der Waals surface area contributed by atoms with Crippen molar-refractivity contribution in [2.45, 2.75) is 67.4 Å². The van der Waals surface area contributed by atoms with Crippen LogP contribution in [0.1, 0.15) is 43.7 Å². The van der Waals surface area contributed by atoms with Crippen LogP contribution in [0.2, 0.25) is 10.0 Å². The lowest BCUT2D eigenvalue weighted by Crippen LogP contribution is -2.54. The van der Waals surface area contributed by atoms with Gasteiger partial charge >= 0.3 is 0 Å². The van der Waals surface area contributed by atoms with E-state index in [0.717, 1.165) is 40.4 Å². The summed E-state index contributed by atoms with van der Waals surface area (Å²) in [5, 5.41) is 3.94. The van der Waals surface area contributed by atoms with E-state index in [4.69, 9.17) is 27.9 Å². The third kappa shape index (κ3) is 9.54. The van der Waals surface area contributed by atoms with Gasteiger partial charge in [0.1, 0.15) is 18.3 Å². The molecule has 4 aromatic rings. The molecule has 1 N–H and O–H groups in total. The highest BCUT2D eigenvalue weighted by atomic mass is 35.5. The Kier molecular flexibility index (Phi) is 13.1. The summed E-state index contributed by atoms with van der Waals surface area (Å²) >= 11 is 14.3. The molecule has 0 aromatic heterocycles. The monoisotopic (exact) mass is 753 g/mol. The number of benzene rings is 4. The first-order chi connectivity index (χ1) is 24.1. The number of rotatable bonds is 15. The largest absolute Gasteiger partial charge is 0.494 e. The average molecular weight is 755 g/mol. The Morgan fingerprint density at radius 2 is 1.62 bits per heavy atom. The lowest BCUT2D eigenvalue weighted by Gasteiger charge is -2.34. The maximum atomic E-state index is 14.8. The molecule has 0 aliphatic heterocycles. The topological polar surface area (TPSA) is 96.0 Å². The van der Waals surface area contributed by atoms with Gasteiger partial charge in [0.05, 0.1) is 17.2 Å². The van der Waals surface area contributed by atoms with Crippen molar-refractivity contribution in [3.8, 4) is 5.75 Å². The summed E-state index contributed by atoms with van der Waals surface area (Å²) in [6.45, 7) is 1.67. The zero-order chi connectivity index (χ0) is 35.7. The van der Waals surface area contributed by atoms with E-state index in [1.54, 1.807) is 54.6 Å². The van der Waals surface area contributed by atoms with Crippen LogP contribution in [-0.2, 0) is 32.6 Å². The second-order valence-corrected chi connectivity index (χ2v) is 15.7. The van der Waals surface area contributed by atoms with Crippen LogP contribution in [0.4, 0.5) is 5.69 Å². The molecule has 264 valence electrons. The maximum absolute atomic E-state index is 14.8. The molecule has 50 heavy (non-hydrogen) atoms. The highest BCUT2D eigenvalue weighted by Crippen LogP contribution is 2.29. The van der Waals surface area contributed by atoms with E-state index in [0.29, 0.717) is 28.0 Å². The molecule has 1 aliphatic rings. The number of sulfonamides is 1. The molecule has 1 saturated carbocycles. The normalized spacial score (nSPS) is 13.8. The van der Waals surface area contributed by atoms with Crippen molar-refractivity contribution in [1.82, 2.24) is 10.2 Å². The predicted molar refractivity (Wildman–Crippen MR) is 202 cm³/mol. The summed E-state index contributed by atoms with van der Waals surface area (Å²) in [7, 11) is -4.25. The summed E-state index contributed by atoms with van der Waals surface area (Å²) in [4.78, 5) is 31.4. The number of carbonyl (C=O) groups is 2. The van der Waals surface area contributed by atoms with Crippen LogP contribution in [0.3, 0.4) is 0 Å². The quantitative estimate of drug-likeness (QED) is 0.124. The minimum Gasteiger partial charge on any atom is -0.494 e. The van der Waals surface area contributed by atoms with Gasteiger partial charge in [-0.25, -0.2) is 8.42 Å². The first-order valence-electron chi connectivity index (χ1n) is 16.6. The summed E-state index contributed by atoms with van der Waals surface area (Å²) in [6, 6.07) is 26.6. The van der Waals surface area contributed by atoms with Gasteiger partial charge in [0.2, 0.25) is 11.8 Å². The van der Waals surface area contributed by atoms with Crippen molar-refractivity contribution in [1.29, 1.82) is 0 Å². The molecule has 2 amide bonds. The molecule has 1 fully saturated rings. The van der Waals surface area contributed by atoms with Gasteiger partial charge in [0, 0.05) is 33.9 Å². The minimum absolute atomic E-state index is 0.00170. The molecular weight excluding hydrogens is 713 g/mol. The Balaban J connectivity index is 1.58. The number of nitrogens with zero attached hydrogens (tertiary/aromatic N) is 2. The molecule has 0 saturated heterocycles. The number of hydrogen-bond donors (Lipinski definition) is 1. The second-order valence-electron chi connectivity index (χ2n) is 12.1. The van der Waals surface area contributed by atoms with Gasteiger partial charge in [0.15, 0.2) is 0 Å². The fourth-order valence-electron chi connectivity index (χ4n) is 6.03. The number of anilines is 1. The van der Waals surface area contributed by atoms with Gasteiger partial charge in [-0.15, -0.1) is 11.8 Å². The van der Waals surface area contributed by atoms with Crippen molar-refractivity contribution < 1.29 is 22.7 Å². The van der Waals surface area contributed by atoms with E-state index in [-0.39, 0.29) is 35.5 Å². The fourth-order valence-corrected chi connectivity index (χ4v) is 8.32. The van der Waals surface area contributed by atoms with Crippen molar-refractivity contribution in [3.63, 3.8) is 0 Å². The molecule has 4 aromatic carbocycles. The number of ether oxygens (including phenoxy) is 1. The van der Waals surface area contributed by atoms with Gasteiger partial charge in [-0.1, -0.05) is 72.4 Å². The van der Waals surface area contributed by atoms with Crippen LogP contribution in [0.15, 0.2) is 107 Å². The average Bonchev–Trinajstić information content (AvgIpc) is 3.63. The van der Waals surface area contributed by atoms with E-state index < -0.39 is 28.5 Å². The zero-order valence-corrected chi connectivity index (χ0v) is 31.2. The first-order valence-corrected chi connectivity index (χ1v) is 20.0. The van der Waals surface area contributed by atoms with E-state index in [9.17, 15) is 18.0 Å². The molecule has 5 rings (SSSR count). The fraction of sp³-hybridized carbons (Fsp3) is 0.316. The minimum atomic E-state index is -4.25. The molecule has 0 radical (unpaired) electrons. The lowest BCUT2D eigenvalue weighted by molar-refractivity contribution is -0.140. The van der Waals surface area contributed by atoms with Gasteiger partial charge in [-0.2, -0.15) is 0 Å². The highest BCUT2D eigenvalue weighted by molar-refractivity contribution is 7.98. The van der Waals surface area contributed by atoms with E-state index in [2.05, 4.69) is 5.32 Å². The SMILES string of the molecule is CCOc1ccc(N(CC(=O)N(Cc2ccc(Cl)cc2Cl)[C@H](Cc2ccccc2)C(=O)NC2CCCC2)S(=O)(=O)c2ccc(SC)cc2)cc1. The van der Waals surface area contributed by atoms with Crippen molar-refractivity contribution in [2.75, 3.05) is 23.7 Å². The van der Waals surface area contributed by atoms with Crippen molar-refractivity contribution >= 4 is 62.5 Å². The lowest BCUT2D eigenvalue weighted by atomic mass is 10.0. The molecule has 0 unspecified atom stereocenters. The van der Waals surface area contributed by atoms with Crippen LogP contribution in [0.25, 0.3) is 0 Å². The van der Waals surface area contributed by atoms with Crippen LogP contribution >= 0.6 is 35.0 Å². The Morgan fingerprint density at radius 1 is 0.940 bits per heavy atom. The van der Waals surface area contributed by atoms with Gasteiger partial charge in [-0.05, 0) is 97.8 Å². The smallest absolute Gasteiger partial charge is 0.264 e. The van der Waals surface area contributed by atoms with Gasteiger partial charge in [0.25, 0.3) is 10.0 Å².